The van der Waals surface area contributed by atoms with E-state index in [9.17, 15) is 4.79 Å². The normalized spacial score (nSPS) is 10.2. The number of aromatic nitrogens is 1. The fourth-order valence-electron chi connectivity index (χ4n) is 2.19. The molecule has 0 atom stereocenters. The monoisotopic (exact) mass is 382 g/mol. The minimum absolute atomic E-state index is 0.188. The third kappa shape index (κ3) is 4.00. The van der Waals surface area contributed by atoms with Gasteiger partial charge in [0.1, 0.15) is 5.75 Å². The van der Waals surface area contributed by atoms with Gasteiger partial charge in [-0.25, -0.2) is 4.98 Å². The summed E-state index contributed by atoms with van der Waals surface area (Å²) in [6, 6.07) is 18.1. The number of ether oxygens (including phenoxy) is 1. The van der Waals surface area contributed by atoms with Crippen LogP contribution in [-0.4, -0.2) is 10.9 Å². The van der Waals surface area contributed by atoms with Crippen molar-refractivity contribution in [2.45, 2.75) is 6.92 Å². The number of halogens is 1. The van der Waals surface area contributed by atoms with Crippen molar-refractivity contribution in [1.82, 2.24) is 4.98 Å². The van der Waals surface area contributed by atoms with Gasteiger partial charge in [0.2, 0.25) is 5.88 Å². The largest absolute Gasteiger partial charge is 0.439 e. The van der Waals surface area contributed by atoms with Crippen LogP contribution in [0, 0.1) is 6.92 Å². The number of pyridine rings is 1. The molecule has 1 N–H and O–H groups in total. The van der Waals surface area contributed by atoms with Crippen molar-refractivity contribution in [2.75, 3.05) is 5.32 Å². The molecule has 0 unspecified atom stereocenters. The first-order valence-electron chi connectivity index (χ1n) is 7.38. The third-order valence-corrected chi connectivity index (χ3v) is 3.89. The maximum Gasteiger partial charge on any atom is 0.255 e. The van der Waals surface area contributed by atoms with E-state index >= 15 is 0 Å². The zero-order valence-electron chi connectivity index (χ0n) is 13.0. The highest BCUT2D eigenvalue weighted by atomic mass is 79.9. The van der Waals surface area contributed by atoms with E-state index in [2.05, 4.69) is 26.2 Å². The van der Waals surface area contributed by atoms with Gasteiger partial charge in [-0.1, -0.05) is 28.1 Å². The molecule has 0 aliphatic rings. The van der Waals surface area contributed by atoms with Crippen molar-refractivity contribution in [2.24, 2.45) is 0 Å². The number of amides is 1. The second-order valence-corrected chi connectivity index (χ2v) is 6.13. The molecule has 0 aliphatic heterocycles. The van der Waals surface area contributed by atoms with Crippen LogP contribution in [0.15, 0.2) is 71.3 Å². The van der Waals surface area contributed by atoms with Crippen LogP contribution in [-0.2, 0) is 0 Å². The third-order valence-electron chi connectivity index (χ3n) is 3.39. The lowest BCUT2D eigenvalue weighted by molar-refractivity contribution is 0.102. The van der Waals surface area contributed by atoms with Crippen LogP contribution in [0.3, 0.4) is 0 Å². The van der Waals surface area contributed by atoms with Gasteiger partial charge in [0.15, 0.2) is 0 Å². The molecule has 5 heteroatoms. The molecule has 0 spiro atoms. The number of aryl methyl sites for hydroxylation is 1. The number of rotatable bonds is 4. The fraction of sp³-hybridized carbons (Fsp3) is 0.0526. The lowest BCUT2D eigenvalue weighted by Gasteiger charge is -2.10. The molecule has 120 valence electrons. The van der Waals surface area contributed by atoms with E-state index in [1.54, 1.807) is 36.5 Å². The highest BCUT2D eigenvalue weighted by molar-refractivity contribution is 9.10. The molecule has 2 aromatic carbocycles. The Bertz CT molecular complexity index is 866. The van der Waals surface area contributed by atoms with Gasteiger partial charge in [0.25, 0.3) is 5.91 Å². The Labute approximate surface area is 148 Å². The first-order valence-corrected chi connectivity index (χ1v) is 8.17. The standard InChI is InChI=1S/C19H15BrN2O2/c1-13-11-15(20)8-9-17(13)22-19(23)14-5-4-6-16(12-14)24-18-7-2-3-10-21-18/h2-12H,1H3,(H,22,23). The van der Waals surface area contributed by atoms with Gasteiger partial charge >= 0.3 is 0 Å². The topological polar surface area (TPSA) is 51.2 Å². The molecular formula is C19H15BrN2O2. The summed E-state index contributed by atoms with van der Waals surface area (Å²) < 4.78 is 6.64. The van der Waals surface area contributed by atoms with Crippen LogP contribution in [0.1, 0.15) is 15.9 Å². The summed E-state index contributed by atoms with van der Waals surface area (Å²) in [5, 5.41) is 2.91. The number of nitrogens with zero attached hydrogens (tertiary/aromatic N) is 1. The molecule has 1 aromatic heterocycles. The molecule has 4 nitrogen and oxygen atoms in total. The molecule has 3 aromatic rings. The number of benzene rings is 2. The molecule has 0 bridgehead atoms. The van der Waals surface area contributed by atoms with Gasteiger partial charge in [0, 0.05) is 28.0 Å². The predicted molar refractivity (Wildman–Crippen MR) is 97.6 cm³/mol. The Kier molecular flexibility index (Phi) is 4.91. The van der Waals surface area contributed by atoms with E-state index < -0.39 is 0 Å². The molecule has 0 saturated heterocycles. The zero-order valence-corrected chi connectivity index (χ0v) is 14.6. The predicted octanol–water partition coefficient (Wildman–Crippen LogP) is 5.20. The van der Waals surface area contributed by atoms with E-state index in [1.807, 2.05) is 37.3 Å². The minimum Gasteiger partial charge on any atom is -0.439 e. The molecule has 0 aliphatic carbocycles. The number of carbonyl (C=O) groups excluding carboxylic acids is 1. The van der Waals surface area contributed by atoms with E-state index in [1.165, 1.54) is 0 Å². The van der Waals surface area contributed by atoms with Crippen LogP contribution >= 0.6 is 15.9 Å². The Morgan fingerprint density at radius 1 is 1.08 bits per heavy atom. The molecule has 0 radical (unpaired) electrons. The SMILES string of the molecule is Cc1cc(Br)ccc1NC(=O)c1cccc(Oc2ccccn2)c1. The van der Waals surface area contributed by atoms with Gasteiger partial charge in [-0.2, -0.15) is 0 Å². The second-order valence-electron chi connectivity index (χ2n) is 5.21. The highest BCUT2D eigenvalue weighted by Gasteiger charge is 2.09. The number of nitrogens with one attached hydrogen (secondary N) is 1. The molecule has 1 amide bonds. The average Bonchev–Trinajstić information content (AvgIpc) is 2.58. The Morgan fingerprint density at radius 3 is 2.71 bits per heavy atom. The summed E-state index contributed by atoms with van der Waals surface area (Å²) in [5.74, 6) is 0.861. The Balaban J connectivity index is 1.77. The van der Waals surface area contributed by atoms with E-state index in [4.69, 9.17) is 4.74 Å². The Hall–Kier alpha value is -2.66. The van der Waals surface area contributed by atoms with Crippen LogP contribution in [0.4, 0.5) is 5.69 Å². The lowest BCUT2D eigenvalue weighted by Crippen LogP contribution is -2.12. The highest BCUT2D eigenvalue weighted by Crippen LogP contribution is 2.23. The smallest absolute Gasteiger partial charge is 0.255 e. The quantitative estimate of drug-likeness (QED) is 0.674. The molecular weight excluding hydrogens is 368 g/mol. The van der Waals surface area contributed by atoms with Gasteiger partial charge in [-0.15, -0.1) is 0 Å². The average molecular weight is 383 g/mol. The van der Waals surface area contributed by atoms with Crippen LogP contribution < -0.4 is 10.1 Å². The number of hydrogen-bond acceptors (Lipinski definition) is 3. The molecule has 3 rings (SSSR count). The van der Waals surface area contributed by atoms with Crippen molar-refractivity contribution < 1.29 is 9.53 Å². The lowest BCUT2D eigenvalue weighted by atomic mass is 10.1. The van der Waals surface area contributed by atoms with Gasteiger partial charge in [-0.3, -0.25) is 4.79 Å². The summed E-state index contributed by atoms with van der Waals surface area (Å²) in [7, 11) is 0. The van der Waals surface area contributed by atoms with Crippen LogP contribution in [0.25, 0.3) is 0 Å². The summed E-state index contributed by atoms with van der Waals surface area (Å²) in [5.41, 5.74) is 2.28. The summed E-state index contributed by atoms with van der Waals surface area (Å²) in [6.45, 7) is 1.95. The number of anilines is 1. The summed E-state index contributed by atoms with van der Waals surface area (Å²) in [4.78, 5) is 16.6. The maximum absolute atomic E-state index is 12.5. The van der Waals surface area contributed by atoms with Gasteiger partial charge < -0.3 is 10.1 Å². The van der Waals surface area contributed by atoms with Gasteiger partial charge in [-0.05, 0) is 55.0 Å². The number of carbonyl (C=O) groups is 1. The Morgan fingerprint density at radius 2 is 1.96 bits per heavy atom. The van der Waals surface area contributed by atoms with E-state index in [-0.39, 0.29) is 5.91 Å². The van der Waals surface area contributed by atoms with Crippen LogP contribution in [0.2, 0.25) is 0 Å². The first-order chi connectivity index (χ1) is 11.6. The minimum atomic E-state index is -0.188. The first kappa shape index (κ1) is 16.2. The van der Waals surface area contributed by atoms with Gasteiger partial charge in [0.05, 0.1) is 0 Å². The molecule has 0 fully saturated rings. The second kappa shape index (κ2) is 7.27. The van der Waals surface area contributed by atoms with E-state index in [0.717, 1.165) is 15.7 Å². The van der Waals surface area contributed by atoms with Crippen molar-refractivity contribution in [3.05, 3.63) is 82.5 Å². The fourth-order valence-corrected chi connectivity index (χ4v) is 2.67. The van der Waals surface area contributed by atoms with Crippen LogP contribution in [0.5, 0.6) is 11.6 Å². The van der Waals surface area contributed by atoms with Crippen molar-refractivity contribution >= 4 is 27.5 Å². The number of hydrogen-bond donors (Lipinski definition) is 1. The summed E-state index contributed by atoms with van der Waals surface area (Å²) in [6.07, 6.45) is 1.65. The maximum atomic E-state index is 12.5. The van der Waals surface area contributed by atoms with Crippen molar-refractivity contribution in [3.63, 3.8) is 0 Å². The van der Waals surface area contributed by atoms with Crippen molar-refractivity contribution in [1.29, 1.82) is 0 Å². The van der Waals surface area contributed by atoms with E-state index in [0.29, 0.717) is 17.2 Å². The summed E-state index contributed by atoms with van der Waals surface area (Å²) >= 11 is 3.41. The molecule has 0 saturated carbocycles. The zero-order chi connectivity index (χ0) is 16.9. The van der Waals surface area contributed by atoms with Crippen molar-refractivity contribution in [3.8, 4) is 11.6 Å². The molecule has 24 heavy (non-hydrogen) atoms. The molecule has 1 heterocycles.